The average molecular weight is 324 g/mol. The van der Waals surface area contributed by atoms with Gasteiger partial charge in [0.25, 0.3) is 0 Å². The molecule has 0 saturated carbocycles. The second-order valence-corrected chi connectivity index (χ2v) is 7.34. The van der Waals surface area contributed by atoms with E-state index in [1.54, 1.807) is 6.07 Å². The van der Waals surface area contributed by atoms with E-state index in [0.29, 0.717) is 23.5 Å². The zero-order chi connectivity index (χ0) is 15.9. The Hall–Kier alpha value is -1.95. The van der Waals surface area contributed by atoms with Crippen LogP contribution in [0.2, 0.25) is 0 Å². The summed E-state index contributed by atoms with van der Waals surface area (Å²) in [6.07, 6.45) is 3.34. The van der Waals surface area contributed by atoms with Crippen LogP contribution in [-0.4, -0.2) is 14.7 Å². The van der Waals surface area contributed by atoms with Crippen LogP contribution in [0.4, 0.5) is 8.78 Å². The van der Waals surface area contributed by atoms with Crippen LogP contribution in [0.1, 0.15) is 17.5 Å². The van der Waals surface area contributed by atoms with Gasteiger partial charge in [0.2, 0.25) is 0 Å². The average Bonchev–Trinajstić information content (AvgIpc) is 2.85. The maximum absolute atomic E-state index is 13.2. The molecule has 0 radical (unpaired) electrons. The number of sulfone groups is 1. The standard InChI is InChI=1S/C16H14F2O3S/c1-22(19,20)16-6-5-15(13-3-2-4-14(13)16)21-12-8-10(17)7-11(18)9-12/h5-9H,2-4H2,1H3. The van der Waals surface area contributed by atoms with E-state index in [0.717, 1.165) is 35.7 Å². The Morgan fingerprint density at radius 2 is 1.64 bits per heavy atom. The first kappa shape index (κ1) is 15.0. The van der Waals surface area contributed by atoms with Crippen molar-refractivity contribution in [3.05, 3.63) is 53.1 Å². The minimum Gasteiger partial charge on any atom is -0.457 e. The summed E-state index contributed by atoms with van der Waals surface area (Å²) in [5.74, 6) is -0.942. The first-order valence-corrected chi connectivity index (χ1v) is 8.72. The molecule has 0 spiro atoms. The highest BCUT2D eigenvalue weighted by Crippen LogP contribution is 2.37. The maximum Gasteiger partial charge on any atom is 0.175 e. The van der Waals surface area contributed by atoms with Gasteiger partial charge >= 0.3 is 0 Å². The molecule has 0 amide bonds. The molecule has 6 heteroatoms. The summed E-state index contributed by atoms with van der Waals surface area (Å²) in [5.41, 5.74) is 1.55. The molecule has 0 saturated heterocycles. The molecule has 116 valence electrons. The van der Waals surface area contributed by atoms with Crippen molar-refractivity contribution in [3.63, 3.8) is 0 Å². The predicted molar refractivity (Wildman–Crippen MR) is 78.0 cm³/mol. The Kier molecular flexibility index (Phi) is 3.64. The topological polar surface area (TPSA) is 43.4 Å². The molecule has 1 aliphatic carbocycles. The van der Waals surface area contributed by atoms with E-state index in [1.807, 2.05) is 0 Å². The van der Waals surface area contributed by atoms with E-state index < -0.39 is 21.5 Å². The fourth-order valence-electron chi connectivity index (χ4n) is 2.80. The first-order valence-electron chi connectivity index (χ1n) is 6.83. The van der Waals surface area contributed by atoms with Crippen molar-refractivity contribution in [2.24, 2.45) is 0 Å². The minimum atomic E-state index is -3.31. The number of hydrogen-bond acceptors (Lipinski definition) is 3. The Morgan fingerprint density at radius 1 is 1.00 bits per heavy atom. The molecule has 0 aromatic heterocycles. The SMILES string of the molecule is CS(=O)(=O)c1ccc(Oc2cc(F)cc(F)c2)c2c1CCC2. The zero-order valence-electron chi connectivity index (χ0n) is 11.9. The molecule has 22 heavy (non-hydrogen) atoms. The van der Waals surface area contributed by atoms with Gasteiger partial charge in [-0.2, -0.15) is 0 Å². The molecule has 0 N–H and O–H groups in total. The number of benzene rings is 2. The van der Waals surface area contributed by atoms with Gasteiger partial charge in [0.15, 0.2) is 9.84 Å². The number of ether oxygens (including phenoxy) is 1. The molecule has 0 aliphatic heterocycles. The van der Waals surface area contributed by atoms with Crippen LogP contribution in [0.3, 0.4) is 0 Å². The van der Waals surface area contributed by atoms with Crippen molar-refractivity contribution in [1.82, 2.24) is 0 Å². The number of rotatable bonds is 3. The van der Waals surface area contributed by atoms with Crippen LogP contribution in [0, 0.1) is 11.6 Å². The zero-order valence-corrected chi connectivity index (χ0v) is 12.7. The molecule has 0 heterocycles. The summed E-state index contributed by atoms with van der Waals surface area (Å²) in [4.78, 5) is 0.303. The summed E-state index contributed by atoms with van der Waals surface area (Å²) in [5, 5.41) is 0. The van der Waals surface area contributed by atoms with Crippen molar-refractivity contribution in [1.29, 1.82) is 0 Å². The minimum absolute atomic E-state index is 0.0544. The van der Waals surface area contributed by atoms with Crippen molar-refractivity contribution < 1.29 is 21.9 Å². The monoisotopic (exact) mass is 324 g/mol. The smallest absolute Gasteiger partial charge is 0.175 e. The molecule has 3 rings (SSSR count). The van der Waals surface area contributed by atoms with Crippen LogP contribution >= 0.6 is 0 Å². The predicted octanol–water partition coefficient (Wildman–Crippen LogP) is 3.65. The van der Waals surface area contributed by atoms with Crippen LogP contribution in [-0.2, 0) is 22.7 Å². The quantitative estimate of drug-likeness (QED) is 0.865. The first-order chi connectivity index (χ1) is 10.3. The molecule has 1 aliphatic rings. The Morgan fingerprint density at radius 3 is 2.27 bits per heavy atom. The third-order valence-electron chi connectivity index (χ3n) is 3.66. The second kappa shape index (κ2) is 5.35. The van der Waals surface area contributed by atoms with Crippen LogP contribution < -0.4 is 4.74 Å². The van der Waals surface area contributed by atoms with Crippen molar-refractivity contribution >= 4 is 9.84 Å². The lowest BCUT2D eigenvalue weighted by Gasteiger charge is -2.13. The van der Waals surface area contributed by atoms with E-state index in [-0.39, 0.29) is 5.75 Å². The normalized spacial score (nSPS) is 14.0. The Labute approximate surface area is 127 Å². The fourth-order valence-corrected chi connectivity index (χ4v) is 3.79. The third kappa shape index (κ3) is 2.83. The van der Waals surface area contributed by atoms with Gasteiger partial charge in [-0.3, -0.25) is 0 Å². The van der Waals surface area contributed by atoms with Crippen LogP contribution in [0.15, 0.2) is 35.2 Å². The van der Waals surface area contributed by atoms with Gasteiger partial charge in [0.1, 0.15) is 23.1 Å². The molecule has 2 aromatic rings. The number of fused-ring (bicyclic) bond motifs is 1. The van der Waals surface area contributed by atoms with Crippen molar-refractivity contribution in [3.8, 4) is 11.5 Å². The Balaban J connectivity index is 2.04. The molecule has 0 unspecified atom stereocenters. The molecule has 0 fully saturated rings. The van der Waals surface area contributed by atoms with Gasteiger partial charge in [-0.15, -0.1) is 0 Å². The van der Waals surface area contributed by atoms with E-state index in [4.69, 9.17) is 4.74 Å². The van der Waals surface area contributed by atoms with Gasteiger partial charge in [-0.1, -0.05) is 0 Å². The summed E-state index contributed by atoms with van der Waals surface area (Å²) in [6, 6.07) is 5.99. The van der Waals surface area contributed by atoms with Gasteiger partial charge < -0.3 is 4.74 Å². The highest BCUT2D eigenvalue weighted by Gasteiger charge is 2.24. The van der Waals surface area contributed by atoms with Crippen LogP contribution in [0.5, 0.6) is 11.5 Å². The summed E-state index contributed by atoms with van der Waals surface area (Å²) in [7, 11) is -3.31. The Bertz CT molecular complexity index is 824. The van der Waals surface area contributed by atoms with Gasteiger partial charge in [-0.05, 0) is 42.5 Å². The summed E-state index contributed by atoms with van der Waals surface area (Å²) in [6.45, 7) is 0. The summed E-state index contributed by atoms with van der Waals surface area (Å²) < 4.78 is 55.7. The largest absolute Gasteiger partial charge is 0.457 e. The van der Waals surface area contributed by atoms with Crippen molar-refractivity contribution in [2.45, 2.75) is 24.2 Å². The van der Waals surface area contributed by atoms with Gasteiger partial charge in [0.05, 0.1) is 4.90 Å². The molecule has 0 atom stereocenters. The highest BCUT2D eigenvalue weighted by molar-refractivity contribution is 7.90. The van der Waals surface area contributed by atoms with Crippen LogP contribution in [0.25, 0.3) is 0 Å². The van der Waals surface area contributed by atoms with Gasteiger partial charge in [0, 0.05) is 24.5 Å². The summed E-state index contributed by atoms with van der Waals surface area (Å²) >= 11 is 0. The number of hydrogen-bond donors (Lipinski definition) is 0. The maximum atomic E-state index is 13.2. The van der Waals surface area contributed by atoms with E-state index in [1.165, 1.54) is 12.3 Å². The van der Waals surface area contributed by atoms with Crippen molar-refractivity contribution in [2.75, 3.05) is 6.26 Å². The molecule has 3 nitrogen and oxygen atoms in total. The highest BCUT2D eigenvalue weighted by atomic mass is 32.2. The second-order valence-electron chi connectivity index (χ2n) is 5.35. The fraction of sp³-hybridized carbons (Fsp3) is 0.250. The number of halogens is 2. The molecule has 2 aromatic carbocycles. The van der Waals surface area contributed by atoms with E-state index in [9.17, 15) is 17.2 Å². The molecular weight excluding hydrogens is 310 g/mol. The third-order valence-corrected chi connectivity index (χ3v) is 4.84. The van der Waals surface area contributed by atoms with Gasteiger partial charge in [-0.25, -0.2) is 17.2 Å². The lowest BCUT2D eigenvalue weighted by atomic mass is 10.1. The molecule has 0 bridgehead atoms. The lowest BCUT2D eigenvalue weighted by molar-refractivity contribution is 0.463. The van der Waals surface area contributed by atoms with E-state index in [2.05, 4.69) is 0 Å². The van der Waals surface area contributed by atoms with E-state index >= 15 is 0 Å². The molecular formula is C16H14F2O3S. The lowest BCUT2D eigenvalue weighted by Crippen LogP contribution is -2.03.